The Morgan fingerprint density at radius 1 is 1.20 bits per heavy atom. The summed E-state index contributed by atoms with van der Waals surface area (Å²) in [6.07, 6.45) is 4.30. The van der Waals surface area contributed by atoms with Crippen molar-refractivity contribution in [2.45, 2.75) is 18.6 Å². The van der Waals surface area contributed by atoms with Crippen LogP contribution < -0.4 is 4.74 Å². The van der Waals surface area contributed by atoms with Crippen LogP contribution in [0.5, 0.6) is 5.75 Å². The molecule has 2 unspecified atom stereocenters. The number of ether oxygens (including phenoxy) is 1. The average Bonchev–Trinajstić information content (AvgIpc) is 2.46. The summed E-state index contributed by atoms with van der Waals surface area (Å²) in [5, 5.41) is -0.0310. The van der Waals surface area contributed by atoms with Gasteiger partial charge in [0.15, 0.2) is 0 Å². The van der Waals surface area contributed by atoms with Crippen molar-refractivity contribution in [3.8, 4) is 5.75 Å². The van der Waals surface area contributed by atoms with Crippen LogP contribution in [-0.4, -0.2) is 22.6 Å². The highest BCUT2D eigenvalue weighted by Gasteiger charge is 2.16. The van der Waals surface area contributed by atoms with E-state index in [1.165, 1.54) is 0 Å². The maximum absolute atomic E-state index is 12.0. The third kappa shape index (κ3) is 3.67. The van der Waals surface area contributed by atoms with E-state index in [1.807, 2.05) is 49.5 Å². The van der Waals surface area contributed by atoms with Gasteiger partial charge in [-0.3, -0.25) is 9.19 Å². The first kappa shape index (κ1) is 14.7. The Bertz CT molecular complexity index is 578. The summed E-state index contributed by atoms with van der Waals surface area (Å²) in [5.74, 6) is 0.833. The van der Waals surface area contributed by atoms with Gasteiger partial charge in [0.25, 0.3) is 0 Å². The third-order valence-electron chi connectivity index (χ3n) is 3.29. The minimum Gasteiger partial charge on any atom is -0.497 e. The lowest BCUT2D eigenvalue weighted by atomic mass is 10.0. The van der Waals surface area contributed by atoms with Crippen LogP contribution in [0.15, 0.2) is 42.6 Å². The van der Waals surface area contributed by atoms with Crippen LogP contribution in [0.1, 0.15) is 22.1 Å². The molecule has 2 rings (SSSR count). The quantitative estimate of drug-likeness (QED) is 0.849. The molecular weight excluding hydrogens is 270 g/mol. The molecule has 0 radical (unpaired) electrons. The zero-order valence-corrected chi connectivity index (χ0v) is 12.8. The van der Waals surface area contributed by atoms with Gasteiger partial charge < -0.3 is 4.74 Å². The van der Waals surface area contributed by atoms with Gasteiger partial charge in [-0.15, -0.1) is 0 Å². The fourth-order valence-corrected chi connectivity index (χ4v) is 3.02. The standard InChI is InChI=1S/C16H19NO2S/c1-12-4-7-14(11-17-12)16(20(3)18)10-13-5-8-15(19-2)9-6-13/h4-9,11,16H,10H2,1-3H3. The summed E-state index contributed by atoms with van der Waals surface area (Å²) in [7, 11) is 0.710. The number of methoxy groups -OCH3 is 1. The maximum Gasteiger partial charge on any atom is 0.118 e. The zero-order valence-electron chi connectivity index (χ0n) is 12.0. The molecule has 0 spiro atoms. The first-order valence-corrected chi connectivity index (χ1v) is 8.10. The third-order valence-corrected chi connectivity index (χ3v) is 4.53. The Labute approximate surface area is 122 Å². The number of rotatable bonds is 5. The van der Waals surface area contributed by atoms with Crippen molar-refractivity contribution in [3.63, 3.8) is 0 Å². The molecule has 20 heavy (non-hydrogen) atoms. The van der Waals surface area contributed by atoms with Gasteiger partial charge in [0.2, 0.25) is 0 Å². The van der Waals surface area contributed by atoms with E-state index in [9.17, 15) is 4.21 Å². The SMILES string of the molecule is COc1ccc(CC(c2ccc(C)nc2)S(C)=O)cc1. The number of pyridine rings is 1. The molecule has 0 fully saturated rings. The highest BCUT2D eigenvalue weighted by atomic mass is 32.2. The van der Waals surface area contributed by atoms with Crippen molar-refractivity contribution in [3.05, 3.63) is 59.4 Å². The number of nitrogens with zero attached hydrogens (tertiary/aromatic N) is 1. The fourth-order valence-electron chi connectivity index (χ4n) is 2.07. The van der Waals surface area contributed by atoms with Gasteiger partial charge in [-0.2, -0.15) is 0 Å². The molecule has 2 aromatic rings. The van der Waals surface area contributed by atoms with Crippen molar-refractivity contribution in [1.82, 2.24) is 4.98 Å². The minimum absolute atomic E-state index is 0.0310. The van der Waals surface area contributed by atoms with Gasteiger partial charge in [-0.1, -0.05) is 18.2 Å². The topological polar surface area (TPSA) is 39.2 Å². The van der Waals surface area contributed by atoms with Gasteiger partial charge in [0.05, 0.1) is 12.4 Å². The molecule has 0 bridgehead atoms. The van der Waals surface area contributed by atoms with Crippen LogP contribution in [0.4, 0.5) is 0 Å². The molecule has 1 aromatic heterocycles. The number of aryl methyl sites for hydroxylation is 1. The van der Waals surface area contributed by atoms with Crippen LogP contribution in [0.2, 0.25) is 0 Å². The zero-order chi connectivity index (χ0) is 14.5. The molecule has 0 saturated heterocycles. The van der Waals surface area contributed by atoms with Gasteiger partial charge in [0, 0.05) is 28.9 Å². The van der Waals surface area contributed by atoms with E-state index in [-0.39, 0.29) is 5.25 Å². The monoisotopic (exact) mass is 289 g/mol. The normalized spacial score (nSPS) is 13.8. The van der Waals surface area contributed by atoms with E-state index in [0.29, 0.717) is 0 Å². The van der Waals surface area contributed by atoms with Crippen LogP contribution in [0, 0.1) is 6.92 Å². The van der Waals surface area contributed by atoms with Gasteiger partial charge in [-0.25, -0.2) is 0 Å². The lowest BCUT2D eigenvalue weighted by Gasteiger charge is -2.15. The predicted molar refractivity (Wildman–Crippen MR) is 82.5 cm³/mol. The van der Waals surface area contributed by atoms with Crippen LogP contribution in [0.25, 0.3) is 0 Å². The highest BCUT2D eigenvalue weighted by molar-refractivity contribution is 7.84. The summed E-state index contributed by atoms with van der Waals surface area (Å²) in [6.45, 7) is 1.95. The van der Waals surface area contributed by atoms with Gasteiger partial charge in [-0.05, 0) is 42.7 Å². The first-order valence-electron chi connectivity index (χ1n) is 6.48. The minimum atomic E-state index is -0.940. The van der Waals surface area contributed by atoms with Crippen molar-refractivity contribution >= 4 is 10.8 Å². The second kappa shape index (κ2) is 6.66. The molecular formula is C16H19NO2S. The van der Waals surface area contributed by atoms with Crippen LogP contribution in [0.3, 0.4) is 0 Å². The Kier molecular flexibility index (Phi) is 4.90. The molecule has 0 saturated carbocycles. The second-order valence-corrected chi connectivity index (χ2v) is 6.34. The molecule has 0 aliphatic rings. The van der Waals surface area contributed by atoms with Crippen molar-refractivity contribution in [1.29, 1.82) is 0 Å². The van der Waals surface area contributed by atoms with Crippen molar-refractivity contribution in [2.75, 3.05) is 13.4 Å². The molecule has 3 nitrogen and oxygen atoms in total. The number of hydrogen-bond donors (Lipinski definition) is 0. The van der Waals surface area contributed by atoms with Crippen LogP contribution >= 0.6 is 0 Å². The van der Waals surface area contributed by atoms with E-state index >= 15 is 0 Å². The number of hydrogen-bond acceptors (Lipinski definition) is 3. The van der Waals surface area contributed by atoms with Gasteiger partial charge in [0.1, 0.15) is 5.75 Å². The largest absolute Gasteiger partial charge is 0.497 e. The molecule has 1 heterocycles. The predicted octanol–water partition coefficient (Wildman–Crippen LogP) is 3.06. The lowest BCUT2D eigenvalue weighted by Crippen LogP contribution is -2.09. The number of aromatic nitrogens is 1. The molecule has 2 atom stereocenters. The average molecular weight is 289 g/mol. The Morgan fingerprint density at radius 2 is 1.90 bits per heavy atom. The molecule has 106 valence electrons. The van der Waals surface area contributed by atoms with E-state index in [2.05, 4.69) is 4.98 Å². The van der Waals surface area contributed by atoms with Crippen molar-refractivity contribution < 1.29 is 8.95 Å². The Morgan fingerprint density at radius 3 is 2.40 bits per heavy atom. The lowest BCUT2D eigenvalue weighted by molar-refractivity contribution is 0.414. The Hall–Kier alpha value is -1.68. The summed E-state index contributed by atoms with van der Waals surface area (Å²) < 4.78 is 17.2. The second-order valence-electron chi connectivity index (χ2n) is 4.77. The fraction of sp³-hybridized carbons (Fsp3) is 0.312. The van der Waals surface area contributed by atoms with Gasteiger partial charge >= 0.3 is 0 Å². The summed E-state index contributed by atoms with van der Waals surface area (Å²) >= 11 is 0. The van der Waals surface area contributed by atoms with E-state index in [1.54, 1.807) is 13.4 Å². The summed E-state index contributed by atoms with van der Waals surface area (Å²) in [4.78, 5) is 4.30. The highest BCUT2D eigenvalue weighted by Crippen LogP contribution is 2.24. The molecule has 1 aromatic carbocycles. The van der Waals surface area contributed by atoms with Crippen molar-refractivity contribution in [2.24, 2.45) is 0 Å². The molecule has 0 amide bonds. The molecule has 0 N–H and O–H groups in total. The van der Waals surface area contributed by atoms with E-state index < -0.39 is 10.8 Å². The smallest absolute Gasteiger partial charge is 0.118 e. The molecule has 4 heteroatoms. The first-order chi connectivity index (χ1) is 9.60. The maximum atomic E-state index is 12.0. The number of benzene rings is 1. The summed E-state index contributed by atoms with van der Waals surface area (Å²) in [5.41, 5.74) is 3.14. The molecule has 0 aliphatic carbocycles. The van der Waals surface area contributed by atoms with E-state index in [4.69, 9.17) is 4.74 Å². The van der Waals surface area contributed by atoms with Crippen LogP contribution in [-0.2, 0) is 17.2 Å². The summed E-state index contributed by atoms with van der Waals surface area (Å²) in [6, 6.07) is 11.9. The Balaban J connectivity index is 2.20. The molecule has 0 aliphatic heterocycles. The van der Waals surface area contributed by atoms with E-state index in [0.717, 1.165) is 29.0 Å².